The molecule has 3 heteroatoms. The van der Waals surface area contributed by atoms with Gasteiger partial charge in [-0.2, -0.15) is 0 Å². The van der Waals surface area contributed by atoms with E-state index in [0.29, 0.717) is 0 Å². The molecular weight excluding hydrogens is 260 g/mol. The summed E-state index contributed by atoms with van der Waals surface area (Å²) in [6.07, 6.45) is 0. The van der Waals surface area contributed by atoms with Crippen LogP contribution in [0.3, 0.4) is 0 Å². The van der Waals surface area contributed by atoms with Crippen molar-refractivity contribution in [3.8, 4) is 0 Å². The van der Waals surface area contributed by atoms with Gasteiger partial charge in [-0.15, -0.1) is 0 Å². The molecule has 3 rings (SSSR count). The average Bonchev–Trinajstić information content (AvgIpc) is 2.51. The van der Waals surface area contributed by atoms with Crippen molar-refractivity contribution in [2.45, 2.75) is 0 Å². The number of nitrogens with zero attached hydrogens (tertiary/aromatic N) is 1. The Morgan fingerprint density at radius 3 is 0.905 bits per heavy atom. The molecule has 106 valence electrons. The van der Waals surface area contributed by atoms with Gasteiger partial charge >= 0.3 is 0 Å². The lowest BCUT2D eigenvalue weighted by Crippen LogP contribution is -2.09. The van der Waals surface area contributed by atoms with Crippen molar-refractivity contribution in [3.05, 3.63) is 91.0 Å². The summed E-state index contributed by atoms with van der Waals surface area (Å²) in [6, 6.07) is 31.3. The number of rotatable bonds is 3. The van der Waals surface area contributed by atoms with Gasteiger partial charge in [0.05, 0.1) is 8.41 Å². The molecule has 0 aromatic heterocycles. The quantitative estimate of drug-likeness (QED) is 0.652. The van der Waals surface area contributed by atoms with Crippen LogP contribution in [0.4, 0.5) is 21.8 Å². The smallest absolute Gasteiger partial charge is 0.0814 e. The van der Waals surface area contributed by atoms with Crippen molar-refractivity contribution in [1.29, 1.82) is 0 Å². The van der Waals surface area contributed by atoms with Gasteiger partial charge in [0.2, 0.25) is 0 Å². The molecular formula is C18H19BFN. The molecule has 0 aliphatic carbocycles. The highest BCUT2D eigenvalue weighted by Crippen LogP contribution is 2.33. The summed E-state index contributed by atoms with van der Waals surface area (Å²) in [6.45, 7) is 0. The van der Waals surface area contributed by atoms with Gasteiger partial charge in [0.1, 0.15) is 0 Å². The summed E-state index contributed by atoms with van der Waals surface area (Å²) in [7, 11) is 0. The first-order valence-electron chi connectivity index (χ1n) is 6.40. The first kappa shape index (κ1) is 16.5. The Morgan fingerprint density at radius 1 is 0.429 bits per heavy atom. The molecule has 0 aliphatic rings. The Bertz CT molecular complexity index is 535. The molecule has 0 N–H and O–H groups in total. The van der Waals surface area contributed by atoms with Crippen LogP contribution in [0.15, 0.2) is 91.0 Å². The van der Waals surface area contributed by atoms with E-state index in [1.165, 1.54) is 17.1 Å². The maximum atomic E-state index is 2.25. The van der Waals surface area contributed by atoms with Gasteiger partial charge in [-0.3, -0.25) is 4.70 Å². The molecule has 0 unspecified atom stereocenters. The second kappa shape index (κ2) is 7.90. The molecule has 0 aliphatic heterocycles. The van der Waals surface area contributed by atoms with Gasteiger partial charge in [0.15, 0.2) is 0 Å². The molecule has 0 radical (unpaired) electrons. The van der Waals surface area contributed by atoms with Crippen LogP contribution in [0.1, 0.15) is 0 Å². The lowest BCUT2D eigenvalue weighted by atomic mass is 10.2. The molecule has 3 aromatic carbocycles. The van der Waals surface area contributed by atoms with Crippen molar-refractivity contribution < 1.29 is 4.70 Å². The summed E-state index contributed by atoms with van der Waals surface area (Å²) in [5.74, 6) is 0. The Hall–Kier alpha value is -2.55. The van der Waals surface area contributed by atoms with E-state index in [0.717, 1.165) is 0 Å². The van der Waals surface area contributed by atoms with Crippen molar-refractivity contribution in [3.63, 3.8) is 0 Å². The molecule has 0 saturated heterocycles. The van der Waals surface area contributed by atoms with E-state index in [9.17, 15) is 0 Å². The first-order valence-corrected chi connectivity index (χ1v) is 6.40. The molecule has 21 heavy (non-hydrogen) atoms. The Kier molecular flexibility index (Phi) is 6.21. The van der Waals surface area contributed by atoms with Crippen LogP contribution >= 0.6 is 0 Å². The molecule has 1 nitrogen and oxygen atoms in total. The SMILES string of the molecule is B.F.c1ccc(N(c2ccccc2)c2ccccc2)cc1. The van der Waals surface area contributed by atoms with Crippen molar-refractivity contribution in [2.24, 2.45) is 0 Å². The number of benzene rings is 3. The largest absolute Gasteiger partial charge is 0.311 e. The molecule has 0 heterocycles. The van der Waals surface area contributed by atoms with Gasteiger partial charge in [-0.1, -0.05) is 54.6 Å². The van der Waals surface area contributed by atoms with Gasteiger partial charge in [0, 0.05) is 17.1 Å². The highest BCUT2D eigenvalue weighted by atomic mass is 19.0. The van der Waals surface area contributed by atoms with E-state index < -0.39 is 0 Å². The molecule has 0 amide bonds. The predicted molar refractivity (Wildman–Crippen MR) is 93.6 cm³/mol. The average molecular weight is 279 g/mol. The number of para-hydroxylation sites is 3. The Balaban J connectivity index is 0.00000110. The predicted octanol–water partition coefficient (Wildman–Crippen LogP) is 4.13. The fourth-order valence-corrected chi connectivity index (χ4v) is 2.18. The second-order valence-electron chi connectivity index (χ2n) is 4.34. The van der Waals surface area contributed by atoms with E-state index in [4.69, 9.17) is 0 Å². The zero-order chi connectivity index (χ0) is 12.9. The number of halogens is 1. The lowest BCUT2D eigenvalue weighted by molar-refractivity contribution is 1.11. The second-order valence-corrected chi connectivity index (χ2v) is 4.34. The molecule has 3 aromatic rings. The van der Waals surface area contributed by atoms with Gasteiger partial charge in [-0.25, -0.2) is 0 Å². The van der Waals surface area contributed by atoms with Crippen LogP contribution in [0, 0.1) is 0 Å². The summed E-state index contributed by atoms with van der Waals surface area (Å²) >= 11 is 0. The van der Waals surface area contributed by atoms with E-state index in [1.54, 1.807) is 0 Å². The van der Waals surface area contributed by atoms with Crippen LogP contribution in [-0.4, -0.2) is 8.41 Å². The Morgan fingerprint density at radius 2 is 0.667 bits per heavy atom. The zero-order valence-electron chi connectivity index (χ0n) is 11.0. The number of anilines is 3. The highest BCUT2D eigenvalue weighted by Gasteiger charge is 2.10. The summed E-state index contributed by atoms with van der Waals surface area (Å²) in [4.78, 5) is 2.25. The topological polar surface area (TPSA) is 3.24 Å². The fourth-order valence-electron chi connectivity index (χ4n) is 2.18. The third kappa shape index (κ3) is 3.73. The number of hydrogen-bond acceptors (Lipinski definition) is 1. The van der Waals surface area contributed by atoms with Crippen molar-refractivity contribution in [2.75, 3.05) is 4.90 Å². The first-order chi connectivity index (χ1) is 9.45. The molecule has 0 atom stereocenters. The van der Waals surface area contributed by atoms with Crippen LogP contribution in [0.2, 0.25) is 0 Å². The standard InChI is InChI=1S/C18H15N.BH3.FH/c1-4-10-16(11-5-1)19(17-12-6-2-7-13-17)18-14-8-3-9-15-18;;/h1-15H;1H3;1H. The van der Waals surface area contributed by atoms with Crippen LogP contribution in [0.25, 0.3) is 0 Å². The minimum absolute atomic E-state index is 0. The molecule has 0 bridgehead atoms. The molecule has 0 fully saturated rings. The zero-order valence-corrected chi connectivity index (χ0v) is 11.0. The van der Waals surface area contributed by atoms with Crippen LogP contribution < -0.4 is 4.90 Å². The van der Waals surface area contributed by atoms with E-state index in [-0.39, 0.29) is 13.1 Å². The minimum atomic E-state index is 0. The van der Waals surface area contributed by atoms with Gasteiger partial charge < -0.3 is 4.90 Å². The van der Waals surface area contributed by atoms with E-state index >= 15 is 0 Å². The maximum absolute atomic E-state index is 2.25. The van der Waals surface area contributed by atoms with E-state index in [2.05, 4.69) is 77.7 Å². The van der Waals surface area contributed by atoms with Gasteiger partial charge in [-0.05, 0) is 36.4 Å². The Labute approximate surface area is 126 Å². The molecule has 0 spiro atoms. The van der Waals surface area contributed by atoms with Crippen LogP contribution in [-0.2, 0) is 0 Å². The monoisotopic (exact) mass is 279 g/mol. The van der Waals surface area contributed by atoms with E-state index in [1.807, 2.05) is 18.2 Å². The molecule has 0 saturated carbocycles. The lowest BCUT2D eigenvalue weighted by Gasteiger charge is -2.25. The normalized spacial score (nSPS) is 9.14. The maximum Gasteiger partial charge on any atom is 0.0814 e. The van der Waals surface area contributed by atoms with Gasteiger partial charge in [0.25, 0.3) is 0 Å². The van der Waals surface area contributed by atoms with Crippen LogP contribution in [0.5, 0.6) is 0 Å². The van der Waals surface area contributed by atoms with Crippen molar-refractivity contribution >= 4 is 25.5 Å². The fraction of sp³-hybridized carbons (Fsp3) is 0. The number of hydrogen-bond donors (Lipinski definition) is 0. The highest BCUT2D eigenvalue weighted by molar-refractivity contribution is 5.76. The van der Waals surface area contributed by atoms with Crippen molar-refractivity contribution in [1.82, 2.24) is 0 Å². The third-order valence-electron chi connectivity index (χ3n) is 3.04. The third-order valence-corrected chi connectivity index (χ3v) is 3.04. The minimum Gasteiger partial charge on any atom is -0.311 e. The summed E-state index contributed by atoms with van der Waals surface area (Å²) < 4.78 is 0. The summed E-state index contributed by atoms with van der Waals surface area (Å²) in [5.41, 5.74) is 3.50. The summed E-state index contributed by atoms with van der Waals surface area (Å²) in [5, 5.41) is 0.